The highest BCUT2D eigenvalue weighted by atomic mass is 16.4. The lowest BCUT2D eigenvalue weighted by Crippen LogP contribution is -2.05. The molecule has 0 saturated heterocycles. The number of hydrogen-bond donors (Lipinski definition) is 1. The van der Waals surface area contributed by atoms with Crippen LogP contribution >= 0.6 is 0 Å². The van der Waals surface area contributed by atoms with Gasteiger partial charge in [0.2, 0.25) is 0 Å². The van der Waals surface area contributed by atoms with Crippen molar-refractivity contribution in [3.63, 3.8) is 0 Å². The molecule has 0 fully saturated rings. The van der Waals surface area contributed by atoms with E-state index in [0.29, 0.717) is 11.5 Å². The average molecular weight is 291 g/mol. The van der Waals surface area contributed by atoms with Crippen molar-refractivity contribution in [1.82, 2.24) is 4.98 Å². The first-order valence-corrected chi connectivity index (χ1v) is 8.38. The van der Waals surface area contributed by atoms with E-state index in [4.69, 9.17) is 5.11 Å². The molecule has 118 valence electrons. The molecule has 1 N–H and O–H groups in total. The highest BCUT2D eigenvalue weighted by molar-refractivity contribution is 5.87. The Labute approximate surface area is 128 Å². The second-order valence-corrected chi connectivity index (χ2v) is 5.82. The van der Waals surface area contributed by atoms with Crippen molar-refractivity contribution in [2.24, 2.45) is 0 Å². The second kappa shape index (κ2) is 10.4. The van der Waals surface area contributed by atoms with Crippen LogP contribution in [0.25, 0.3) is 0 Å². The first kappa shape index (κ1) is 17.7. The van der Waals surface area contributed by atoms with Gasteiger partial charge in [-0.1, -0.05) is 58.8 Å². The zero-order chi connectivity index (χ0) is 15.5. The van der Waals surface area contributed by atoms with E-state index in [0.717, 1.165) is 18.5 Å². The maximum Gasteiger partial charge on any atom is 0.335 e. The summed E-state index contributed by atoms with van der Waals surface area (Å²) >= 11 is 0. The van der Waals surface area contributed by atoms with Crippen LogP contribution in [0.4, 0.5) is 0 Å². The highest BCUT2D eigenvalue weighted by Gasteiger charge is 2.14. The number of rotatable bonds is 11. The molecule has 1 unspecified atom stereocenters. The average Bonchev–Trinajstić information content (AvgIpc) is 2.50. The third-order valence-electron chi connectivity index (χ3n) is 4.01. The molecule has 0 saturated carbocycles. The molecule has 1 aromatic heterocycles. The maximum atomic E-state index is 11.1. The molecule has 3 nitrogen and oxygen atoms in total. The fraction of sp³-hybridized carbons (Fsp3) is 0.667. The smallest absolute Gasteiger partial charge is 0.335 e. The third kappa shape index (κ3) is 6.74. The fourth-order valence-corrected chi connectivity index (χ4v) is 2.70. The zero-order valence-electron chi connectivity index (χ0n) is 13.5. The Morgan fingerprint density at radius 1 is 1.10 bits per heavy atom. The Kier molecular flexibility index (Phi) is 8.72. The van der Waals surface area contributed by atoms with Gasteiger partial charge in [0.25, 0.3) is 0 Å². The van der Waals surface area contributed by atoms with Gasteiger partial charge in [0.15, 0.2) is 0 Å². The molecular formula is C18H29NO2. The van der Waals surface area contributed by atoms with Crippen LogP contribution in [0, 0.1) is 0 Å². The van der Waals surface area contributed by atoms with Crippen molar-refractivity contribution in [3.8, 4) is 0 Å². The van der Waals surface area contributed by atoms with Crippen LogP contribution in [0.2, 0.25) is 0 Å². The van der Waals surface area contributed by atoms with Gasteiger partial charge >= 0.3 is 5.97 Å². The van der Waals surface area contributed by atoms with E-state index < -0.39 is 5.97 Å². The van der Waals surface area contributed by atoms with Crippen LogP contribution in [0.1, 0.15) is 93.6 Å². The summed E-state index contributed by atoms with van der Waals surface area (Å²) in [5.41, 5.74) is 1.32. The molecule has 0 bridgehead atoms. The van der Waals surface area contributed by atoms with Gasteiger partial charge in [-0.05, 0) is 25.0 Å². The van der Waals surface area contributed by atoms with E-state index in [1.807, 2.05) is 0 Å². The lowest BCUT2D eigenvalue weighted by Gasteiger charge is -2.16. The SMILES string of the molecule is CCCCCCC(CCCCC)c1cc(C(=O)O)ccn1. The second-order valence-electron chi connectivity index (χ2n) is 5.82. The Morgan fingerprint density at radius 2 is 1.71 bits per heavy atom. The van der Waals surface area contributed by atoms with Gasteiger partial charge < -0.3 is 5.11 Å². The third-order valence-corrected chi connectivity index (χ3v) is 4.01. The number of aromatic nitrogens is 1. The number of pyridine rings is 1. The molecule has 0 radical (unpaired) electrons. The molecule has 0 spiro atoms. The number of carboxylic acids is 1. The maximum absolute atomic E-state index is 11.1. The predicted molar refractivity (Wildman–Crippen MR) is 86.8 cm³/mol. The van der Waals surface area contributed by atoms with Gasteiger partial charge in [-0.2, -0.15) is 0 Å². The lowest BCUT2D eigenvalue weighted by atomic mass is 9.91. The summed E-state index contributed by atoms with van der Waals surface area (Å²) in [7, 11) is 0. The molecule has 1 atom stereocenters. The molecule has 0 aliphatic rings. The number of nitrogens with zero attached hydrogens (tertiary/aromatic N) is 1. The van der Waals surface area contributed by atoms with Crippen molar-refractivity contribution in [2.75, 3.05) is 0 Å². The highest BCUT2D eigenvalue weighted by Crippen LogP contribution is 2.27. The van der Waals surface area contributed by atoms with Crippen LogP contribution in [-0.4, -0.2) is 16.1 Å². The summed E-state index contributed by atoms with van der Waals surface area (Å²) < 4.78 is 0. The Bertz CT molecular complexity index is 417. The van der Waals surface area contributed by atoms with Crippen LogP contribution < -0.4 is 0 Å². The number of unbranched alkanes of at least 4 members (excludes halogenated alkanes) is 5. The van der Waals surface area contributed by atoms with Crippen molar-refractivity contribution >= 4 is 5.97 Å². The normalized spacial score (nSPS) is 12.3. The number of aromatic carboxylic acids is 1. The van der Waals surface area contributed by atoms with E-state index in [1.165, 1.54) is 44.9 Å². The summed E-state index contributed by atoms with van der Waals surface area (Å²) in [6, 6.07) is 3.34. The molecular weight excluding hydrogens is 262 g/mol. The Morgan fingerprint density at radius 3 is 2.33 bits per heavy atom. The molecule has 0 aromatic carbocycles. The van der Waals surface area contributed by atoms with Gasteiger partial charge in [-0.3, -0.25) is 4.98 Å². The van der Waals surface area contributed by atoms with E-state index in [-0.39, 0.29) is 0 Å². The van der Waals surface area contributed by atoms with Crippen LogP contribution in [0.15, 0.2) is 18.3 Å². The van der Waals surface area contributed by atoms with E-state index in [9.17, 15) is 4.79 Å². The van der Waals surface area contributed by atoms with Gasteiger partial charge in [-0.15, -0.1) is 0 Å². The van der Waals surface area contributed by atoms with Crippen LogP contribution in [0.3, 0.4) is 0 Å². The molecule has 0 amide bonds. The van der Waals surface area contributed by atoms with Crippen molar-refractivity contribution in [3.05, 3.63) is 29.6 Å². The largest absolute Gasteiger partial charge is 0.478 e. The molecule has 1 heterocycles. The Balaban J connectivity index is 2.68. The number of hydrogen-bond acceptors (Lipinski definition) is 2. The van der Waals surface area contributed by atoms with Gasteiger partial charge in [0, 0.05) is 17.8 Å². The summed E-state index contributed by atoms with van der Waals surface area (Å²) in [4.78, 5) is 15.5. The van der Waals surface area contributed by atoms with Crippen molar-refractivity contribution < 1.29 is 9.90 Å². The summed E-state index contributed by atoms with van der Waals surface area (Å²) in [6.45, 7) is 4.43. The number of carboxylic acid groups (broad SMARTS) is 1. The van der Waals surface area contributed by atoms with E-state index >= 15 is 0 Å². The number of carbonyl (C=O) groups is 1. The summed E-state index contributed by atoms with van der Waals surface area (Å²) in [5.74, 6) is -0.454. The van der Waals surface area contributed by atoms with Gasteiger partial charge in [0.1, 0.15) is 0 Å². The van der Waals surface area contributed by atoms with E-state index in [2.05, 4.69) is 18.8 Å². The van der Waals surface area contributed by atoms with Crippen LogP contribution in [-0.2, 0) is 0 Å². The first-order chi connectivity index (χ1) is 10.2. The van der Waals surface area contributed by atoms with Crippen molar-refractivity contribution in [1.29, 1.82) is 0 Å². The summed E-state index contributed by atoms with van der Waals surface area (Å²) in [6.07, 6.45) is 12.5. The molecule has 1 aromatic rings. The molecule has 21 heavy (non-hydrogen) atoms. The van der Waals surface area contributed by atoms with E-state index in [1.54, 1.807) is 18.3 Å². The minimum Gasteiger partial charge on any atom is -0.478 e. The van der Waals surface area contributed by atoms with Crippen molar-refractivity contribution in [2.45, 2.75) is 77.6 Å². The lowest BCUT2D eigenvalue weighted by molar-refractivity contribution is 0.0696. The topological polar surface area (TPSA) is 50.2 Å². The minimum atomic E-state index is -0.864. The molecule has 0 aliphatic heterocycles. The summed E-state index contributed by atoms with van der Waals surface area (Å²) in [5, 5.41) is 9.12. The minimum absolute atomic E-state index is 0.356. The zero-order valence-corrected chi connectivity index (χ0v) is 13.5. The molecule has 1 rings (SSSR count). The predicted octanol–water partition coefficient (Wildman–Crippen LogP) is 5.41. The molecule has 0 aliphatic carbocycles. The monoisotopic (exact) mass is 291 g/mol. The van der Waals surface area contributed by atoms with Gasteiger partial charge in [0.05, 0.1) is 5.56 Å². The standard InChI is InChI=1S/C18H29NO2/c1-3-5-7-9-11-15(10-8-6-4-2)17-14-16(18(20)21)12-13-19-17/h12-15H,3-11H2,1-2H3,(H,20,21). The first-order valence-electron chi connectivity index (χ1n) is 8.38. The fourth-order valence-electron chi connectivity index (χ4n) is 2.70. The Hall–Kier alpha value is -1.38. The quantitative estimate of drug-likeness (QED) is 0.554. The van der Waals surface area contributed by atoms with Crippen LogP contribution in [0.5, 0.6) is 0 Å². The van der Waals surface area contributed by atoms with Gasteiger partial charge in [-0.25, -0.2) is 4.79 Å². The molecule has 3 heteroatoms.